The fraction of sp³-hybridized carbons (Fsp3) is 0.429. The second-order valence-corrected chi connectivity index (χ2v) is 5.94. The average molecular weight is 248 g/mol. The van der Waals surface area contributed by atoms with Gasteiger partial charge in [-0.3, -0.25) is 0 Å². The number of anilines is 1. The number of nitrogens with zero attached hydrogens (tertiary/aromatic N) is 2. The van der Waals surface area contributed by atoms with Crippen molar-refractivity contribution in [2.45, 2.75) is 18.2 Å². The lowest BCUT2D eigenvalue weighted by Crippen LogP contribution is -2.11. The zero-order chi connectivity index (χ0) is 11.6. The van der Waals surface area contributed by atoms with E-state index in [-0.39, 0.29) is 10.3 Å². The Morgan fingerprint density at radius 2 is 2.13 bits per heavy atom. The van der Waals surface area contributed by atoms with Crippen LogP contribution in [-0.4, -0.2) is 18.6 Å². The highest BCUT2D eigenvalue weighted by Crippen LogP contribution is 2.21. The van der Waals surface area contributed by atoms with Crippen LogP contribution >= 0.6 is 11.3 Å². The van der Waals surface area contributed by atoms with E-state index in [0.29, 0.717) is 5.13 Å². The molecule has 0 fully saturated rings. The molecule has 0 saturated carbocycles. The van der Waals surface area contributed by atoms with Gasteiger partial charge in [-0.15, -0.1) is 10.2 Å². The highest BCUT2D eigenvalue weighted by molar-refractivity contribution is 7.91. The summed E-state index contributed by atoms with van der Waals surface area (Å²) in [4.78, 5) is 0. The summed E-state index contributed by atoms with van der Waals surface area (Å²) in [5.74, 6) is 0.229. The lowest BCUT2D eigenvalue weighted by molar-refractivity contribution is 0.596. The van der Waals surface area contributed by atoms with Crippen LogP contribution in [-0.2, 0) is 10.0 Å². The van der Waals surface area contributed by atoms with Crippen LogP contribution in [0.1, 0.15) is 13.8 Å². The van der Waals surface area contributed by atoms with Crippen LogP contribution in [0.15, 0.2) is 16.6 Å². The van der Waals surface area contributed by atoms with E-state index in [1.807, 2.05) is 13.8 Å². The monoisotopic (exact) mass is 248 g/mol. The average Bonchev–Trinajstić information content (AvgIpc) is 2.51. The minimum Gasteiger partial charge on any atom is -0.334 e. The number of primary sulfonamides is 1. The molecule has 0 unspecified atom stereocenters. The molecule has 0 bridgehead atoms. The van der Waals surface area contributed by atoms with Crippen LogP contribution in [0, 0.1) is 5.92 Å². The lowest BCUT2D eigenvalue weighted by atomic mass is 10.2. The van der Waals surface area contributed by atoms with E-state index < -0.39 is 10.0 Å². The first-order chi connectivity index (χ1) is 6.80. The second kappa shape index (κ2) is 4.25. The molecule has 0 amide bonds. The maximum Gasteiger partial charge on any atom is 0.267 e. The van der Waals surface area contributed by atoms with Crippen molar-refractivity contribution in [2.75, 3.05) is 5.32 Å². The van der Waals surface area contributed by atoms with Gasteiger partial charge in [-0.2, -0.15) is 0 Å². The number of hydrogen-bond acceptors (Lipinski definition) is 6. The molecule has 3 N–H and O–H groups in total. The van der Waals surface area contributed by atoms with Gasteiger partial charge in [0.1, 0.15) is 0 Å². The van der Waals surface area contributed by atoms with E-state index in [0.717, 1.165) is 17.0 Å². The Bertz CT molecular complexity index is 463. The van der Waals surface area contributed by atoms with Gasteiger partial charge in [0, 0.05) is 5.70 Å². The van der Waals surface area contributed by atoms with Crippen molar-refractivity contribution in [1.82, 2.24) is 10.2 Å². The van der Waals surface area contributed by atoms with Gasteiger partial charge in [0.05, 0.1) is 0 Å². The molecule has 8 heteroatoms. The Morgan fingerprint density at radius 3 is 2.53 bits per heavy atom. The third kappa shape index (κ3) is 3.26. The quantitative estimate of drug-likeness (QED) is 0.820. The van der Waals surface area contributed by atoms with E-state index in [1.54, 1.807) is 0 Å². The predicted molar refractivity (Wildman–Crippen MR) is 58.9 cm³/mol. The lowest BCUT2D eigenvalue weighted by Gasteiger charge is -2.08. The first kappa shape index (κ1) is 12.1. The standard InChI is InChI=1S/C7H12N4O2S2/c1-4(2)5(3)9-6-10-11-7(14-6)15(8,12)13/h4H,3H2,1-2H3,(H,9,10)(H2,8,12,13). The van der Waals surface area contributed by atoms with Gasteiger partial charge < -0.3 is 5.32 Å². The molecule has 84 valence electrons. The van der Waals surface area contributed by atoms with Crippen molar-refractivity contribution < 1.29 is 8.42 Å². The van der Waals surface area contributed by atoms with Crippen LogP contribution in [0.4, 0.5) is 5.13 Å². The summed E-state index contributed by atoms with van der Waals surface area (Å²) in [6.45, 7) is 7.68. The molecule has 0 aliphatic rings. The van der Waals surface area contributed by atoms with Crippen molar-refractivity contribution in [3.8, 4) is 0 Å². The molecular formula is C7H12N4O2S2. The van der Waals surface area contributed by atoms with Crippen LogP contribution < -0.4 is 10.5 Å². The number of nitrogens with one attached hydrogen (secondary N) is 1. The molecule has 15 heavy (non-hydrogen) atoms. The van der Waals surface area contributed by atoms with Crippen LogP contribution in [0.3, 0.4) is 0 Å². The highest BCUT2D eigenvalue weighted by atomic mass is 32.2. The zero-order valence-electron chi connectivity index (χ0n) is 8.39. The smallest absolute Gasteiger partial charge is 0.267 e. The summed E-state index contributed by atoms with van der Waals surface area (Å²) >= 11 is 0.878. The Morgan fingerprint density at radius 1 is 1.53 bits per heavy atom. The fourth-order valence-corrected chi connectivity index (χ4v) is 2.02. The van der Waals surface area contributed by atoms with Crippen LogP contribution in [0.5, 0.6) is 0 Å². The number of aromatic nitrogens is 2. The summed E-state index contributed by atoms with van der Waals surface area (Å²) in [5.41, 5.74) is 0.743. The molecule has 0 radical (unpaired) electrons. The number of sulfonamides is 1. The topological polar surface area (TPSA) is 98.0 Å². The molecular weight excluding hydrogens is 236 g/mol. The van der Waals surface area contributed by atoms with Gasteiger partial charge in [0.2, 0.25) is 9.47 Å². The first-order valence-electron chi connectivity index (χ1n) is 4.13. The van der Waals surface area contributed by atoms with Crippen LogP contribution in [0.2, 0.25) is 0 Å². The molecule has 0 aliphatic heterocycles. The number of nitrogens with two attached hydrogens (primary N) is 1. The van der Waals surface area contributed by atoms with Gasteiger partial charge in [-0.25, -0.2) is 13.6 Å². The van der Waals surface area contributed by atoms with Gasteiger partial charge in [0.15, 0.2) is 0 Å². The van der Waals surface area contributed by atoms with E-state index in [2.05, 4.69) is 22.1 Å². The zero-order valence-corrected chi connectivity index (χ0v) is 10.0. The molecule has 6 nitrogen and oxygen atoms in total. The molecule has 1 rings (SSSR count). The van der Waals surface area contributed by atoms with Gasteiger partial charge in [-0.1, -0.05) is 31.8 Å². The van der Waals surface area contributed by atoms with Gasteiger partial charge in [-0.05, 0) is 5.92 Å². The third-order valence-corrected chi connectivity index (χ3v) is 3.76. The number of allylic oxidation sites excluding steroid dienone is 1. The van der Waals surface area contributed by atoms with Crippen molar-refractivity contribution in [2.24, 2.45) is 11.1 Å². The summed E-state index contributed by atoms with van der Waals surface area (Å²) in [6.07, 6.45) is 0. The molecule has 0 atom stereocenters. The second-order valence-electron chi connectivity index (χ2n) is 3.22. The number of hydrogen-bond donors (Lipinski definition) is 2. The Hall–Kier alpha value is -0.990. The van der Waals surface area contributed by atoms with Crippen molar-refractivity contribution in [3.05, 3.63) is 12.3 Å². The summed E-state index contributed by atoms with van der Waals surface area (Å²) in [5, 5.41) is 15.2. The molecule has 0 spiro atoms. The molecule has 1 aromatic heterocycles. The number of rotatable bonds is 4. The molecule has 1 aromatic rings. The predicted octanol–water partition coefficient (Wildman–Crippen LogP) is 0.767. The summed E-state index contributed by atoms with van der Waals surface area (Å²) < 4.78 is 21.6. The largest absolute Gasteiger partial charge is 0.334 e. The third-order valence-electron chi connectivity index (χ3n) is 1.61. The molecule has 0 aliphatic carbocycles. The normalized spacial score (nSPS) is 11.7. The Labute approximate surface area is 92.3 Å². The van der Waals surface area contributed by atoms with Gasteiger partial charge >= 0.3 is 0 Å². The maximum absolute atomic E-state index is 10.9. The van der Waals surface area contributed by atoms with E-state index in [4.69, 9.17) is 5.14 Å². The Kier molecular flexibility index (Phi) is 3.42. The minimum atomic E-state index is -3.76. The van der Waals surface area contributed by atoms with Gasteiger partial charge in [0.25, 0.3) is 10.0 Å². The summed E-state index contributed by atoms with van der Waals surface area (Å²) in [6, 6.07) is 0. The van der Waals surface area contributed by atoms with Crippen molar-refractivity contribution >= 4 is 26.5 Å². The van der Waals surface area contributed by atoms with E-state index in [1.165, 1.54) is 0 Å². The Balaban J connectivity index is 2.83. The van der Waals surface area contributed by atoms with E-state index >= 15 is 0 Å². The highest BCUT2D eigenvalue weighted by Gasteiger charge is 2.15. The molecule has 0 aromatic carbocycles. The van der Waals surface area contributed by atoms with Crippen molar-refractivity contribution in [3.63, 3.8) is 0 Å². The van der Waals surface area contributed by atoms with E-state index in [9.17, 15) is 8.42 Å². The maximum atomic E-state index is 10.9. The fourth-order valence-electron chi connectivity index (χ4n) is 0.657. The summed E-state index contributed by atoms with van der Waals surface area (Å²) in [7, 11) is -3.76. The SMILES string of the molecule is C=C(Nc1nnc(S(N)(=O)=O)s1)C(C)C. The molecule has 1 heterocycles. The minimum absolute atomic E-state index is 0.207. The first-order valence-corrected chi connectivity index (χ1v) is 6.49. The molecule has 0 saturated heterocycles. The van der Waals surface area contributed by atoms with Crippen LogP contribution in [0.25, 0.3) is 0 Å². The van der Waals surface area contributed by atoms with Crippen molar-refractivity contribution in [1.29, 1.82) is 0 Å².